The molecular formula is C14H20N2O2. The maximum Gasteiger partial charge on any atom is 0.407 e. The van der Waals surface area contributed by atoms with Crippen LogP contribution in [0.15, 0.2) is 18.3 Å². The number of nitrogens with zero attached hydrogens (tertiary/aromatic N) is 1. The lowest BCUT2D eigenvalue weighted by Crippen LogP contribution is -2.42. The number of alkyl carbamates (subject to hydrolysis) is 1. The van der Waals surface area contributed by atoms with Gasteiger partial charge in [-0.2, -0.15) is 0 Å². The molecule has 1 unspecified atom stereocenters. The summed E-state index contributed by atoms with van der Waals surface area (Å²) in [4.78, 5) is 16.0. The molecule has 2 rings (SSSR count). The summed E-state index contributed by atoms with van der Waals surface area (Å²) in [6, 6.07) is 4.19. The van der Waals surface area contributed by atoms with Crippen molar-refractivity contribution in [1.82, 2.24) is 10.3 Å². The Hall–Kier alpha value is -1.58. The molecular weight excluding hydrogens is 228 g/mol. The van der Waals surface area contributed by atoms with Crippen LogP contribution in [0.25, 0.3) is 0 Å². The lowest BCUT2D eigenvalue weighted by Gasteiger charge is -2.26. The summed E-state index contributed by atoms with van der Waals surface area (Å²) in [7, 11) is 0. The Morgan fingerprint density at radius 3 is 3.00 bits per heavy atom. The van der Waals surface area contributed by atoms with Gasteiger partial charge in [-0.3, -0.25) is 4.98 Å². The first-order valence-corrected chi connectivity index (χ1v) is 6.36. The summed E-state index contributed by atoms with van der Waals surface area (Å²) in [5.41, 5.74) is 1.93. The smallest absolute Gasteiger partial charge is 0.407 e. The summed E-state index contributed by atoms with van der Waals surface area (Å²) in [5.74, 6) is 0. The van der Waals surface area contributed by atoms with Crippen LogP contribution in [0.3, 0.4) is 0 Å². The summed E-state index contributed by atoms with van der Waals surface area (Å²) < 4.78 is 5.26. The van der Waals surface area contributed by atoms with Crippen molar-refractivity contribution in [2.75, 3.05) is 0 Å². The van der Waals surface area contributed by atoms with Gasteiger partial charge < -0.3 is 10.1 Å². The minimum absolute atomic E-state index is 0.127. The summed E-state index contributed by atoms with van der Waals surface area (Å²) >= 11 is 0. The number of fused-ring (bicyclic) bond motifs is 1. The van der Waals surface area contributed by atoms with Crippen molar-refractivity contribution < 1.29 is 9.53 Å². The third kappa shape index (κ3) is 3.45. The van der Waals surface area contributed by atoms with Crippen LogP contribution in [0, 0.1) is 0 Å². The van der Waals surface area contributed by atoms with Crippen molar-refractivity contribution in [1.29, 1.82) is 0 Å². The van der Waals surface area contributed by atoms with Crippen LogP contribution in [0.4, 0.5) is 4.79 Å². The van der Waals surface area contributed by atoms with E-state index in [4.69, 9.17) is 4.74 Å². The molecule has 1 aromatic heterocycles. The summed E-state index contributed by atoms with van der Waals surface area (Å²) in [6.45, 7) is 5.60. The van der Waals surface area contributed by atoms with E-state index in [2.05, 4.69) is 16.4 Å². The van der Waals surface area contributed by atoms with Gasteiger partial charge in [0.05, 0.1) is 0 Å². The zero-order valence-corrected chi connectivity index (χ0v) is 11.2. The number of carbonyl (C=O) groups is 1. The minimum Gasteiger partial charge on any atom is -0.444 e. The zero-order chi connectivity index (χ0) is 13.2. The van der Waals surface area contributed by atoms with Crippen molar-refractivity contribution in [2.45, 2.75) is 51.7 Å². The molecule has 0 aliphatic heterocycles. The predicted molar refractivity (Wildman–Crippen MR) is 69.4 cm³/mol. The second-order valence-electron chi connectivity index (χ2n) is 5.70. The van der Waals surface area contributed by atoms with Crippen LogP contribution in [-0.2, 0) is 17.6 Å². The molecule has 0 bridgehead atoms. The fourth-order valence-corrected chi connectivity index (χ4v) is 2.15. The van der Waals surface area contributed by atoms with Crippen molar-refractivity contribution in [3.05, 3.63) is 29.6 Å². The molecule has 4 heteroatoms. The molecule has 0 saturated heterocycles. The maximum atomic E-state index is 11.7. The lowest BCUT2D eigenvalue weighted by molar-refractivity contribution is 0.0500. The van der Waals surface area contributed by atoms with E-state index in [0.29, 0.717) is 0 Å². The number of carbonyl (C=O) groups excluding carboxylic acids is 1. The van der Waals surface area contributed by atoms with Crippen LogP contribution in [0.5, 0.6) is 0 Å². The highest BCUT2D eigenvalue weighted by Gasteiger charge is 2.23. The predicted octanol–water partition coefficient (Wildman–Crippen LogP) is 2.46. The minimum atomic E-state index is -0.449. The van der Waals surface area contributed by atoms with E-state index >= 15 is 0 Å². The van der Waals surface area contributed by atoms with E-state index in [-0.39, 0.29) is 12.1 Å². The van der Waals surface area contributed by atoms with Gasteiger partial charge in [-0.05, 0) is 45.2 Å². The van der Waals surface area contributed by atoms with Gasteiger partial charge in [-0.1, -0.05) is 6.07 Å². The molecule has 1 N–H and O–H groups in total. The van der Waals surface area contributed by atoms with Crippen molar-refractivity contribution in [3.8, 4) is 0 Å². The van der Waals surface area contributed by atoms with Crippen LogP contribution in [0.2, 0.25) is 0 Å². The summed E-state index contributed by atoms with van der Waals surface area (Å²) in [6.07, 6.45) is 4.15. The normalized spacial score (nSPS) is 18.9. The third-order valence-corrected chi connectivity index (χ3v) is 2.91. The highest BCUT2D eigenvalue weighted by Crippen LogP contribution is 2.19. The van der Waals surface area contributed by atoms with Gasteiger partial charge in [0, 0.05) is 24.4 Å². The van der Waals surface area contributed by atoms with E-state index in [9.17, 15) is 4.79 Å². The Balaban J connectivity index is 1.92. The Morgan fingerprint density at radius 2 is 2.28 bits per heavy atom. The first kappa shape index (κ1) is 12.9. The maximum absolute atomic E-state index is 11.7. The Labute approximate surface area is 108 Å². The molecule has 1 atom stereocenters. The van der Waals surface area contributed by atoms with Gasteiger partial charge in [0.15, 0.2) is 0 Å². The van der Waals surface area contributed by atoms with E-state index in [1.54, 1.807) is 6.20 Å². The number of amides is 1. The first-order valence-electron chi connectivity index (χ1n) is 6.36. The molecule has 1 aromatic rings. The highest BCUT2D eigenvalue weighted by atomic mass is 16.6. The van der Waals surface area contributed by atoms with Gasteiger partial charge in [-0.25, -0.2) is 4.79 Å². The Bertz CT molecular complexity index is 438. The highest BCUT2D eigenvalue weighted by molar-refractivity contribution is 5.68. The average molecular weight is 248 g/mol. The summed E-state index contributed by atoms with van der Waals surface area (Å²) in [5, 5.41) is 2.92. The number of hydrogen-bond donors (Lipinski definition) is 1. The second kappa shape index (κ2) is 4.96. The standard InChI is InChI=1S/C14H20N2O2/c1-14(2,3)18-13(17)16-11-7-6-10-5-4-8-15-12(10)9-11/h4-5,8,11H,6-7,9H2,1-3H3,(H,16,17). The first-order chi connectivity index (χ1) is 8.44. The van der Waals surface area contributed by atoms with Crippen molar-refractivity contribution >= 4 is 6.09 Å². The Kier molecular flexibility index (Phi) is 3.55. The number of aryl methyl sites for hydroxylation is 1. The zero-order valence-electron chi connectivity index (χ0n) is 11.2. The molecule has 1 aliphatic carbocycles. The molecule has 1 aliphatic rings. The number of aromatic nitrogens is 1. The van der Waals surface area contributed by atoms with Crippen LogP contribution in [-0.4, -0.2) is 22.7 Å². The van der Waals surface area contributed by atoms with Crippen LogP contribution in [0.1, 0.15) is 38.4 Å². The van der Waals surface area contributed by atoms with Crippen molar-refractivity contribution in [2.24, 2.45) is 0 Å². The molecule has 18 heavy (non-hydrogen) atoms. The average Bonchev–Trinajstić information content (AvgIpc) is 2.26. The molecule has 0 spiro atoms. The van der Waals surface area contributed by atoms with E-state index in [1.165, 1.54) is 5.56 Å². The molecule has 4 nitrogen and oxygen atoms in total. The molecule has 1 heterocycles. The molecule has 98 valence electrons. The molecule has 0 saturated carbocycles. The van der Waals surface area contributed by atoms with Gasteiger partial charge in [0.2, 0.25) is 0 Å². The van der Waals surface area contributed by atoms with Crippen LogP contribution >= 0.6 is 0 Å². The van der Waals surface area contributed by atoms with E-state index < -0.39 is 5.60 Å². The third-order valence-electron chi connectivity index (χ3n) is 2.91. The monoisotopic (exact) mass is 248 g/mol. The topological polar surface area (TPSA) is 51.2 Å². The number of ether oxygens (including phenoxy) is 1. The van der Waals surface area contributed by atoms with E-state index in [1.807, 2.05) is 26.8 Å². The lowest BCUT2D eigenvalue weighted by atomic mass is 9.92. The number of rotatable bonds is 1. The molecule has 0 fully saturated rings. The largest absolute Gasteiger partial charge is 0.444 e. The molecule has 1 amide bonds. The van der Waals surface area contributed by atoms with Gasteiger partial charge >= 0.3 is 6.09 Å². The SMILES string of the molecule is CC(C)(C)OC(=O)NC1CCc2cccnc2C1. The number of pyridine rings is 1. The quantitative estimate of drug-likeness (QED) is 0.830. The van der Waals surface area contributed by atoms with E-state index in [0.717, 1.165) is 25.0 Å². The number of hydrogen-bond acceptors (Lipinski definition) is 3. The van der Waals surface area contributed by atoms with Gasteiger partial charge in [0.1, 0.15) is 5.60 Å². The van der Waals surface area contributed by atoms with Gasteiger partial charge in [0.25, 0.3) is 0 Å². The second-order valence-corrected chi connectivity index (χ2v) is 5.70. The van der Waals surface area contributed by atoms with Gasteiger partial charge in [-0.15, -0.1) is 0 Å². The fraction of sp³-hybridized carbons (Fsp3) is 0.571. The fourth-order valence-electron chi connectivity index (χ4n) is 2.15. The van der Waals surface area contributed by atoms with Crippen LogP contribution < -0.4 is 5.32 Å². The number of nitrogens with one attached hydrogen (secondary N) is 1. The molecule has 0 aromatic carbocycles. The Morgan fingerprint density at radius 1 is 1.50 bits per heavy atom. The molecule has 0 radical (unpaired) electrons. The van der Waals surface area contributed by atoms with Crippen molar-refractivity contribution in [3.63, 3.8) is 0 Å².